The highest BCUT2D eigenvalue weighted by Crippen LogP contribution is 2.07. The third-order valence-electron chi connectivity index (χ3n) is 1.47. The summed E-state index contributed by atoms with van der Waals surface area (Å²) in [6.07, 6.45) is -0.285. The SMILES string of the molecule is COC1N(C)NC(=O)N1C. The van der Waals surface area contributed by atoms with E-state index in [9.17, 15) is 4.79 Å². The van der Waals surface area contributed by atoms with Crippen LogP contribution >= 0.6 is 0 Å². The smallest absolute Gasteiger partial charge is 0.334 e. The monoisotopic (exact) mass is 145 g/mol. The fourth-order valence-electron chi connectivity index (χ4n) is 0.961. The molecule has 1 unspecified atom stereocenters. The molecule has 1 fully saturated rings. The molecule has 0 saturated carbocycles. The Hall–Kier alpha value is -0.810. The predicted octanol–water partition coefficient (Wildman–Crippen LogP) is -0.582. The van der Waals surface area contributed by atoms with Crippen LogP contribution in [-0.4, -0.2) is 43.5 Å². The molecule has 1 aliphatic rings. The number of urea groups is 1. The van der Waals surface area contributed by atoms with E-state index in [0.29, 0.717) is 0 Å². The molecule has 1 heterocycles. The van der Waals surface area contributed by atoms with Gasteiger partial charge in [0.2, 0.25) is 6.35 Å². The Bertz CT molecular complexity index is 150. The van der Waals surface area contributed by atoms with Gasteiger partial charge in [0.1, 0.15) is 0 Å². The summed E-state index contributed by atoms with van der Waals surface area (Å²) in [7, 11) is 4.97. The van der Waals surface area contributed by atoms with E-state index in [0.717, 1.165) is 0 Å². The third-order valence-corrected chi connectivity index (χ3v) is 1.47. The molecular weight excluding hydrogens is 134 g/mol. The largest absolute Gasteiger partial charge is 0.347 e. The average molecular weight is 145 g/mol. The van der Waals surface area contributed by atoms with E-state index in [1.165, 1.54) is 4.90 Å². The van der Waals surface area contributed by atoms with Crippen molar-refractivity contribution >= 4 is 6.03 Å². The summed E-state index contributed by atoms with van der Waals surface area (Å²) in [5.74, 6) is 0. The van der Waals surface area contributed by atoms with Crippen molar-refractivity contribution in [3.8, 4) is 0 Å². The highest BCUT2D eigenvalue weighted by atomic mass is 16.5. The van der Waals surface area contributed by atoms with Crippen LogP contribution in [0.3, 0.4) is 0 Å². The van der Waals surface area contributed by atoms with Gasteiger partial charge >= 0.3 is 6.03 Å². The molecule has 0 aromatic carbocycles. The minimum atomic E-state index is -0.285. The molecule has 0 bridgehead atoms. The number of ether oxygens (including phenoxy) is 1. The van der Waals surface area contributed by atoms with Crippen LogP contribution in [0.5, 0.6) is 0 Å². The Morgan fingerprint density at radius 2 is 2.20 bits per heavy atom. The van der Waals surface area contributed by atoms with Crippen molar-refractivity contribution in [1.82, 2.24) is 15.3 Å². The molecule has 10 heavy (non-hydrogen) atoms. The van der Waals surface area contributed by atoms with Gasteiger partial charge in [0, 0.05) is 21.2 Å². The van der Waals surface area contributed by atoms with Gasteiger partial charge in [-0.05, 0) is 0 Å². The molecule has 5 nitrogen and oxygen atoms in total. The highest BCUT2D eigenvalue weighted by molar-refractivity contribution is 5.75. The first kappa shape index (κ1) is 7.30. The van der Waals surface area contributed by atoms with Gasteiger partial charge in [-0.2, -0.15) is 5.01 Å². The molecule has 58 valence electrons. The fourth-order valence-corrected chi connectivity index (χ4v) is 0.961. The van der Waals surface area contributed by atoms with Crippen LogP contribution in [-0.2, 0) is 4.74 Å². The van der Waals surface area contributed by atoms with Crippen molar-refractivity contribution in [2.45, 2.75) is 6.35 Å². The van der Waals surface area contributed by atoms with Crippen molar-refractivity contribution < 1.29 is 9.53 Å². The van der Waals surface area contributed by atoms with Crippen molar-refractivity contribution in [2.75, 3.05) is 21.2 Å². The molecule has 0 radical (unpaired) electrons. The minimum absolute atomic E-state index is 0.144. The van der Waals surface area contributed by atoms with Crippen molar-refractivity contribution in [1.29, 1.82) is 0 Å². The van der Waals surface area contributed by atoms with Gasteiger partial charge in [0.05, 0.1) is 0 Å². The van der Waals surface area contributed by atoms with Crippen LogP contribution in [0.4, 0.5) is 4.79 Å². The zero-order chi connectivity index (χ0) is 7.72. The summed E-state index contributed by atoms with van der Waals surface area (Å²) in [4.78, 5) is 12.3. The lowest BCUT2D eigenvalue weighted by Gasteiger charge is -2.19. The Labute approximate surface area is 59.5 Å². The first-order valence-corrected chi connectivity index (χ1v) is 2.96. The number of amides is 2. The number of rotatable bonds is 1. The molecule has 1 N–H and O–H groups in total. The standard InChI is InChI=1S/C5H11N3O2/c1-7-4(9)6-8(2)5(7)10-3/h5H,1-3H3,(H,6,9). The normalized spacial score (nSPS) is 27.3. The van der Waals surface area contributed by atoms with E-state index >= 15 is 0 Å². The summed E-state index contributed by atoms with van der Waals surface area (Å²) in [6.45, 7) is 0. The summed E-state index contributed by atoms with van der Waals surface area (Å²) in [6, 6.07) is -0.144. The van der Waals surface area contributed by atoms with Gasteiger partial charge in [0.15, 0.2) is 0 Å². The molecule has 2 amide bonds. The third kappa shape index (κ3) is 0.932. The quantitative estimate of drug-likeness (QED) is 0.537. The van der Waals surface area contributed by atoms with Crippen LogP contribution < -0.4 is 5.43 Å². The highest BCUT2D eigenvalue weighted by Gasteiger charge is 2.31. The number of carbonyl (C=O) groups excluding carboxylic acids is 1. The molecule has 1 atom stereocenters. The van der Waals surface area contributed by atoms with Crippen LogP contribution in [0.15, 0.2) is 0 Å². The lowest BCUT2D eigenvalue weighted by Crippen LogP contribution is -2.38. The van der Waals surface area contributed by atoms with Gasteiger partial charge in [-0.1, -0.05) is 0 Å². The van der Waals surface area contributed by atoms with Gasteiger partial charge in [-0.25, -0.2) is 4.79 Å². The Morgan fingerprint density at radius 1 is 1.60 bits per heavy atom. The number of methoxy groups -OCH3 is 1. The summed E-state index contributed by atoms with van der Waals surface area (Å²) >= 11 is 0. The van der Waals surface area contributed by atoms with E-state index in [1.807, 2.05) is 0 Å². The van der Waals surface area contributed by atoms with Crippen LogP contribution in [0.2, 0.25) is 0 Å². The maximum atomic E-state index is 10.8. The second-order valence-corrected chi connectivity index (χ2v) is 2.20. The van der Waals surface area contributed by atoms with Crippen molar-refractivity contribution in [3.63, 3.8) is 0 Å². The number of carbonyl (C=O) groups is 1. The van der Waals surface area contributed by atoms with Crippen LogP contribution in [0.25, 0.3) is 0 Å². The summed E-state index contributed by atoms with van der Waals surface area (Å²) < 4.78 is 4.97. The Kier molecular flexibility index (Phi) is 1.78. The molecule has 0 aromatic heterocycles. The zero-order valence-corrected chi connectivity index (χ0v) is 6.29. The summed E-state index contributed by atoms with van der Waals surface area (Å²) in [5.41, 5.74) is 2.56. The molecule has 0 aliphatic carbocycles. The van der Waals surface area contributed by atoms with E-state index in [-0.39, 0.29) is 12.4 Å². The van der Waals surface area contributed by atoms with E-state index in [1.54, 1.807) is 26.2 Å². The first-order valence-electron chi connectivity index (χ1n) is 2.96. The molecule has 1 rings (SSSR count). The molecule has 0 spiro atoms. The molecule has 0 aromatic rings. The van der Waals surface area contributed by atoms with Gasteiger partial charge in [0.25, 0.3) is 0 Å². The van der Waals surface area contributed by atoms with Crippen LogP contribution in [0, 0.1) is 0 Å². The Morgan fingerprint density at radius 3 is 2.40 bits per heavy atom. The second-order valence-electron chi connectivity index (χ2n) is 2.20. The maximum absolute atomic E-state index is 10.8. The fraction of sp³-hybridized carbons (Fsp3) is 0.800. The topological polar surface area (TPSA) is 44.8 Å². The second kappa shape index (κ2) is 2.43. The molecule has 1 saturated heterocycles. The summed E-state index contributed by atoms with van der Waals surface area (Å²) in [5, 5.41) is 1.60. The van der Waals surface area contributed by atoms with E-state index in [4.69, 9.17) is 4.74 Å². The van der Waals surface area contributed by atoms with Gasteiger partial charge in [-0.15, -0.1) is 0 Å². The lowest BCUT2D eigenvalue weighted by molar-refractivity contribution is -0.0723. The first-order chi connectivity index (χ1) is 4.66. The maximum Gasteiger partial charge on any atom is 0.334 e. The molecular formula is C5H11N3O2. The minimum Gasteiger partial charge on any atom is -0.347 e. The zero-order valence-electron chi connectivity index (χ0n) is 6.29. The molecule has 1 aliphatic heterocycles. The number of hydrogen-bond donors (Lipinski definition) is 1. The van der Waals surface area contributed by atoms with Crippen molar-refractivity contribution in [2.24, 2.45) is 0 Å². The van der Waals surface area contributed by atoms with Crippen molar-refractivity contribution in [3.05, 3.63) is 0 Å². The van der Waals surface area contributed by atoms with E-state index in [2.05, 4.69) is 5.43 Å². The average Bonchev–Trinajstić information content (AvgIpc) is 2.09. The van der Waals surface area contributed by atoms with Gasteiger partial charge in [-0.3, -0.25) is 10.3 Å². The van der Waals surface area contributed by atoms with Crippen LogP contribution in [0.1, 0.15) is 0 Å². The van der Waals surface area contributed by atoms with Gasteiger partial charge < -0.3 is 4.74 Å². The number of hydrogen-bond acceptors (Lipinski definition) is 3. The number of hydrazine groups is 1. The lowest BCUT2D eigenvalue weighted by atomic mass is 10.8. The van der Waals surface area contributed by atoms with E-state index < -0.39 is 0 Å². The predicted molar refractivity (Wildman–Crippen MR) is 34.9 cm³/mol. The number of nitrogens with zero attached hydrogens (tertiary/aromatic N) is 2. The Balaban J connectivity index is 2.64. The molecule has 5 heteroatoms. The number of nitrogens with one attached hydrogen (secondary N) is 1.